The lowest BCUT2D eigenvalue weighted by Gasteiger charge is -2.06. The maximum absolute atomic E-state index is 12.6. The molecule has 0 aliphatic rings. The molecule has 0 radical (unpaired) electrons. The molecule has 0 aliphatic carbocycles. The normalized spacial score (nSPS) is 12.0. The molecule has 0 bridgehead atoms. The van der Waals surface area contributed by atoms with Gasteiger partial charge in [-0.05, 0) is 48.2 Å². The summed E-state index contributed by atoms with van der Waals surface area (Å²) >= 11 is 3.62. The Hall–Kier alpha value is -2.19. The van der Waals surface area contributed by atoms with E-state index in [1.165, 1.54) is 21.2 Å². The molecule has 1 N–H and O–H groups in total. The molecule has 0 fully saturated rings. The van der Waals surface area contributed by atoms with E-state index in [4.69, 9.17) is 0 Å². The van der Waals surface area contributed by atoms with E-state index < -0.39 is 11.7 Å². The van der Waals surface area contributed by atoms with Gasteiger partial charge in [0.25, 0.3) is 0 Å². The standard InChI is InChI=1S/C20H20F3N3S2/c1-2-27-19-10-9-18(28-19)14-26-13-17(12-25-26)24-11-3-4-15-5-7-16(8-6-15)20(21,22)23/h3,5-13,24H,2,4,14H2,1H3/b11-3+. The number of nitrogens with zero attached hydrogens (tertiary/aromatic N) is 2. The van der Waals surface area contributed by atoms with Crippen LogP contribution in [0.25, 0.3) is 0 Å². The number of aromatic nitrogens is 2. The lowest BCUT2D eigenvalue weighted by Crippen LogP contribution is -2.04. The molecule has 2 aromatic heterocycles. The van der Waals surface area contributed by atoms with Gasteiger partial charge in [-0.3, -0.25) is 4.68 Å². The fourth-order valence-electron chi connectivity index (χ4n) is 2.53. The van der Waals surface area contributed by atoms with Crippen LogP contribution in [0, 0.1) is 0 Å². The van der Waals surface area contributed by atoms with Crippen molar-refractivity contribution in [2.75, 3.05) is 11.1 Å². The quantitative estimate of drug-likeness (QED) is 0.432. The van der Waals surface area contributed by atoms with E-state index in [2.05, 4.69) is 29.5 Å². The number of halogens is 3. The van der Waals surface area contributed by atoms with Gasteiger partial charge in [0.2, 0.25) is 0 Å². The van der Waals surface area contributed by atoms with E-state index in [1.807, 2.05) is 28.7 Å². The summed E-state index contributed by atoms with van der Waals surface area (Å²) in [5.41, 5.74) is 1.06. The number of hydrogen-bond donors (Lipinski definition) is 1. The van der Waals surface area contributed by atoms with Crippen molar-refractivity contribution in [3.63, 3.8) is 0 Å². The third-order valence-electron chi connectivity index (χ3n) is 3.88. The highest BCUT2D eigenvalue weighted by atomic mass is 32.2. The number of hydrogen-bond acceptors (Lipinski definition) is 4. The van der Waals surface area contributed by atoms with Crippen molar-refractivity contribution in [3.05, 3.63) is 77.1 Å². The van der Waals surface area contributed by atoms with Crippen LogP contribution in [0.15, 0.2) is 65.3 Å². The highest BCUT2D eigenvalue weighted by Crippen LogP contribution is 2.29. The summed E-state index contributed by atoms with van der Waals surface area (Å²) in [6.07, 6.45) is 3.57. The Morgan fingerprint density at radius 3 is 2.68 bits per heavy atom. The number of benzene rings is 1. The minimum atomic E-state index is -4.30. The van der Waals surface area contributed by atoms with E-state index in [1.54, 1.807) is 23.7 Å². The van der Waals surface area contributed by atoms with Gasteiger partial charge in [0, 0.05) is 11.1 Å². The van der Waals surface area contributed by atoms with Gasteiger partial charge in [-0.15, -0.1) is 23.1 Å². The Kier molecular flexibility index (Phi) is 6.85. The highest BCUT2D eigenvalue weighted by molar-refractivity contribution is 8.01. The molecule has 2 heterocycles. The average Bonchev–Trinajstić information content (AvgIpc) is 3.29. The first-order valence-electron chi connectivity index (χ1n) is 8.75. The Bertz CT molecular complexity index is 911. The summed E-state index contributed by atoms with van der Waals surface area (Å²) in [7, 11) is 0. The summed E-state index contributed by atoms with van der Waals surface area (Å²) in [5, 5.41) is 7.49. The maximum Gasteiger partial charge on any atom is 0.416 e. The van der Waals surface area contributed by atoms with Gasteiger partial charge < -0.3 is 5.32 Å². The molecular formula is C20H20F3N3S2. The van der Waals surface area contributed by atoms with E-state index in [9.17, 15) is 13.2 Å². The number of nitrogens with one attached hydrogen (secondary N) is 1. The Balaban J connectivity index is 1.48. The molecule has 0 saturated heterocycles. The predicted molar refractivity (Wildman–Crippen MR) is 110 cm³/mol. The zero-order valence-corrected chi connectivity index (χ0v) is 16.9. The molecule has 148 valence electrons. The Morgan fingerprint density at radius 1 is 1.18 bits per heavy atom. The van der Waals surface area contributed by atoms with Crippen molar-refractivity contribution in [2.45, 2.75) is 30.3 Å². The van der Waals surface area contributed by atoms with Crippen LogP contribution in [0.2, 0.25) is 0 Å². The SMILES string of the molecule is CCSc1ccc(Cn2cc(N/C=C/Cc3ccc(C(F)(F)F)cc3)cn2)s1. The van der Waals surface area contributed by atoms with Crippen molar-refractivity contribution < 1.29 is 13.2 Å². The smallest absolute Gasteiger partial charge is 0.359 e. The lowest BCUT2D eigenvalue weighted by atomic mass is 10.1. The molecule has 28 heavy (non-hydrogen) atoms. The van der Waals surface area contributed by atoms with Crippen LogP contribution in [-0.2, 0) is 19.1 Å². The number of alkyl halides is 3. The van der Waals surface area contributed by atoms with Gasteiger partial charge in [-0.1, -0.05) is 25.1 Å². The first-order valence-corrected chi connectivity index (χ1v) is 10.6. The van der Waals surface area contributed by atoms with Gasteiger partial charge >= 0.3 is 6.18 Å². The van der Waals surface area contributed by atoms with E-state index in [0.717, 1.165) is 35.7 Å². The zero-order chi connectivity index (χ0) is 20.0. The number of thioether (sulfide) groups is 1. The number of rotatable bonds is 8. The topological polar surface area (TPSA) is 29.9 Å². The summed E-state index contributed by atoms with van der Waals surface area (Å²) in [6.45, 7) is 2.87. The highest BCUT2D eigenvalue weighted by Gasteiger charge is 2.29. The van der Waals surface area contributed by atoms with Crippen LogP contribution < -0.4 is 5.32 Å². The average molecular weight is 424 g/mol. The van der Waals surface area contributed by atoms with Gasteiger partial charge in [0.1, 0.15) is 0 Å². The van der Waals surface area contributed by atoms with Crippen molar-refractivity contribution in [3.8, 4) is 0 Å². The number of allylic oxidation sites excluding steroid dienone is 1. The van der Waals surface area contributed by atoms with Crippen molar-refractivity contribution >= 4 is 28.8 Å². The molecule has 0 spiro atoms. The van der Waals surface area contributed by atoms with Crippen LogP contribution in [-0.4, -0.2) is 15.5 Å². The third-order valence-corrected chi connectivity index (χ3v) is 6.05. The van der Waals surface area contributed by atoms with Crippen LogP contribution in [0.1, 0.15) is 22.9 Å². The molecular weight excluding hydrogens is 403 g/mol. The molecule has 3 aromatic rings. The van der Waals surface area contributed by atoms with Crippen molar-refractivity contribution in [1.82, 2.24) is 9.78 Å². The minimum Gasteiger partial charge on any atom is -0.359 e. The monoisotopic (exact) mass is 423 g/mol. The molecule has 3 rings (SSSR count). The number of thiophene rings is 1. The molecule has 0 saturated carbocycles. The molecule has 0 amide bonds. The molecule has 3 nitrogen and oxygen atoms in total. The van der Waals surface area contributed by atoms with Gasteiger partial charge in [-0.2, -0.15) is 18.3 Å². The molecule has 0 unspecified atom stereocenters. The third kappa shape index (κ3) is 5.90. The Morgan fingerprint density at radius 2 is 1.96 bits per heavy atom. The summed E-state index contributed by atoms with van der Waals surface area (Å²) in [5.74, 6) is 1.06. The summed E-state index contributed by atoms with van der Waals surface area (Å²) in [4.78, 5) is 1.25. The number of anilines is 1. The van der Waals surface area contributed by atoms with Gasteiger partial charge in [0.15, 0.2) is 0 Å². The molecule has 1 aromatic carbocycles. The zero-order valence-electron chi connectivity index (χ0n) is 15.2. The second kappa shape index (κ2) is 9.34. The summed E-state index contributed by atoms with van der Waals surface area (Å²) in [6, 6.07) is 9.47. The van der Waals surface area contributed by atoms with Crippen LogP contribution in [0.3, 0.4) is 0 Å². The molecule has 0 atom stereocenters. The second-order valence-electron chi connectivity index (χ2n) is 6.03. The largest absolute Gasteiger partial charge is 0.416 e. The minimum absolute atomic E-state index is 0.548. The van der Waals surface area contributed by atoms with E-state index in [0.29, 0.717) is 6.42 Å². The fourth-order valence-corrected chi connectivity index (χ4v) is 4.61. The maximum atomic E-state index is 12.6. The van der Waals surface area contributed by atoms with E-state index in [-0.39, 0.29) is 0 Å². The first kappa shape index (κ1) is 20.5. The van der Waals surface area contributed by atoms with Crippen molar-refractivity contribution in [1.29, 1.82) is 0 Å². The van der Waals surface area contributed by atoms with Crippen molar-refractivity contribution in [2.24, 2.45) is 0 Å². The second-order valence-corrected chi connectivity index (χ2v) is 8.76. The fraction of sp³-hybridized carbons (Fsp3) is 0.250. The van der Waals surface area contributed by atoms with Crippen LogP contribution in [0.4, 0.5) is 18.9 Å². The van der Waals surface area contributed by atoms with Gasteiger partial charge in [-0.25, -0.2) is 0 Å². The van der Waals surface area contributed by atoms with Crippen LogP contribution >= 0.6 is 23.1 Å². The summed E-state index contributed by atoms with van der Waals surface area (Å²) < 4.78 is 40.9. The molecule has 8 heteroatoms. The molecule has 0 aliphatic heterocycles. The van der Waals surface area contributed by atoms with Crippen LogP contribution in [0.5, 0.6) is 0 Å². The van der Waals surface area contributed by atoms with E-state index >= 15 is 0 Å². The first-order chi connectivity index (χ1) is 13.4. The lowest BCUT2D eigenvalue weighted by molar-refractivity contribution is -0.137. The Labute approximate surface area is 170 Å². The van der Waals surface area contributed by atoms with Gasteiger partial charge in [0.05, 0.1) is 28.2 Å². The predicted octanol–water partition coefficient (Wildman–Crippen LogP) is 6.29.